The van der Waals surface area contributed by atoms with Crippen LogP contribution < -0.4 is 0 Å². The average molecular weight is 185 g/mol. The van der Waals surface area contributed by atoms with Crippen LogP contribution in [0.3, 0.4) is 0 Å². The maximum absolute atomic E-state index is 10.0. The van der Waals surface area contributed by atoms with Crippen LogP contribution in [0.4, 0.5) is 0 Å². The second-order valence-electron chi connectivity index (χ2n) is 1.85. The fourth-order valence-corrected chi connectivity index (χ4v) is 0.461. The van der Waals surface area contributed by atoms with E-state index in [4.69, 9.17) is 0 Å². The van der Waals surface area contributed by atoms with Crippen LogP contribution in [0.1, 0.15) is 27.7 Å². The van der Waals surface area contributed by atoms with Crippen molar-refractivity contribution in [3.8, 4) is 0 Å². The first-order chi connectivity index (χ1) is 6.09. The summed E-state index contributed by atoms with van der Waals surface area (Å²) in [7, 11) is 0. The first kappa shape index (κ1) is 17.6. The van der Waals surface area contributed by atoms with Gasteiger partial charge in [-0.2, -0.15) is 0 Å². The SMILES string of the molecule is C=C.C=CC(=C(C)C)[N+](=O)[O-].CC. The fourth-order valence-electron chi connectivity index (χ4n) is 0.461. The van der Waals surface area contributed by atoms with Crippen LogP contribution in [-0.2, 0) is 0 Å². The van der Waals surface area contributed by atoms with E-state index >= 15 is 0 Å². The van der Waals surface area contributed by atoms with Crippen molar-refractivity contribution < 1.29 is 4.92 Å². The van der Waals surface area contributed by atoms with Crippen molar-refractivity contribution in [2.75, 3.05) is 0 Å². The van der Waals surface area contributed by atoms with E-state index in [0.29, 0.717) is 5.57 Å². The molecule has 0 saturated carbocycles. The molecule has 0 amide bonds. The van der Waals surface area contributed by atoms with Crippen LogP contribution in [-0.4, -0.2) is 4.92 Å². The Bertz CT molecular complexity index is 179. The maximum atomic E-state index is 10.0. The molecule has 3 heteroatoms. The minimum absolute atomic E-state index is 0.0926. The lowest BCUT2D eigenvalue weighted by molar-refractivity contribution is -0.420. The van der Waals surface area contributed by atoms with Crippen molar-refractivity contribution in [2.24, 2.45) is 0 Å². The summed E-state index contributed by atoms with van der Waals surface area (Å²) in [6, 6.07) is 0. The zero-order valence-electron chi connectivity index (χ0n) is 8.96. The molecular formula is C10H19NO2. The second kappa shape index (κ2) is 13.2. The third kappa shape index (κ3) is 10.6. The molecule has 0 aromatic heterocycles. The molecule has 0 saturated heterocycles. The van der Waals surface area contributed by atoms with E-state index < -0.39 is 4.92 Å². The van der Waals surface area contributed by atoms with Crippen LogP contribution in [0.15, 0.2) is 37.1 Å². The van der Waals surface area contributed by atoms with Gasteiger partial charge in [0.25, 0.3) is 5.70 Å². The van der Waals surface area contributed by atoms with Gasteiger partial charge >= 0.3 is 0 Å². The molecular weight excluding hydrogens is 166 g/mol. The predicted molar refractivity (Wildman–Crippen MR) is 58.2 cm³/mol. The van der Waals surface area contributed by atoms with Gasteiger partial charge in [0.15, 0.2) is 0 Å². The molecule has 76 valence electrons. The predicted octanol–water partition coefficient (Wildman–Crippen LogP) is 3.57. The summed E-state index contributed by atoms with van der Waals surface area (Å²) in [5, 5.41) is 10.0. The Labute approximate surface area is 80.6 Å². The Balaban J connectivity index is -0.000000218. The highest BCUT2D eigenvalue weighted by Gasteiger charge is 2.04. The van der Waals surface area contributed by atoms with Crippen molar-refractivity contribution >= 4 is 0 Å². The monoisotopic (exact) mass is 185 g/mol. The lowest BCUT2D eigenvalue weighted by atomic mass is 10.3. The summed E-state index contributed by atoms with van der Waals surface area (Å²) in [6.07, 6.45) is 1.25. The Morgan fingerprint density at radius 3 is 1.62 bits per heavy atom. The van der Waals surface area contributed by atoms with Gasteiger partial charge in [-0.15, -0.1) is 13.2 Å². The minimum Gasteiger partial charge on any atom is -0.258 e. The molecule has 0 N–H and O–H groups in total. The van der Waals surface area contributed by atoms with Crippen molar-refractivity contribution in [1.29, 1.82) is 0 Å². The largest absolute Gasteiger partial charge is 0.267 e. The van der Waals surface area contributed by atoms with Gasteiger partial charge in [-0.3, -0.25) is 10.1 Å². The number of rotatable bonds is 2. The molecule has 0 bridgehead atoms. The van der Waals surface area contributed by atoms with Gasteiger partial charge in [0.1, 0.15) is 0 Å². The molecule has 3 nitrogen and oxygen atoms in total. The summed E-state index contributed by atoms with van der Waals surface area (Å²) in [6.45, 7) is 16.7. The molecule has 0 rings (SSSR count). The molecule has 0 radical (unpaired) electrons. The fraction of sp³-hybridized carbons (Fsp3) is 0.400. The number of nitrogens with zero attached hydrogens (tertiary/aromatic N) is 1. The highest BCUT2D eigenvalue weighted by molar-refractivity contribution is 5.13. The average Bonchev–Trinajstić information content (AvgIpc) is 2.11. The van der Waals surface area contributed by atoms with E-state index in [0.717, 1.165) is 0 Å². The summed E-state index contributed by atoms with van der Waals surface area (Å²) < 4.78 is 0. The maximum Gasteiger partial charge on any atom is 0.267 e. The number of hydrogen-bond donors (Lipinski definition) is 0. The van der Waals surface area contributed by atoms with Crippen LogP contribution in [0.2, 0.25) is 0 Å². The molecule has 0 aliphatic carbocycles. The lowest BCUT2D eigenvalue weighted by Crippen LogP contribution is -1.96. The summed E-state index contributed by atoms with van der Waals surface area (Å²) in [4.78, 5) is 9.61. The van der Waals surface area contributed by atoms with Crippen molar-refractivity contribution in [3.63, 3.8) is 0 Å². The van der Waals surface area contributed by atoms with Gasteiger partial charge in [-0.05, 0) is 13.8 Å². The Hall–Kier alpha value is -1.38. The molecule has 0 aliphatic rings. The molecule has 0 heterocycles. The summed E-state index contributed by atoms with van der Waals surface area (Å²) >= 11 is 0. The number of nitro groups is 1. The quantitative estimate of drug-likeness (QED) is 0.285. The third-order valence-electron chi connectivity index (χ3n) is 0.902. The second-order valence-corrected chi connectivity index (χ2v) is 1.85. The van der Waals surface area contributed by atoms with Gasteiger partial charge in [0, 0.05) is 11.6 Å². The first-order valence-corrected chi connectivity index (χ1v) is 4.04. The van der Waals surface area contributed by atoms with Gasteiger partial charge in [-0.25, -0.2) is 0 Å². The zero-order chi connectivity index (χ0) is 11.4. The summed E-state index contributed by atoms with van der Waals surface area (Å²) in [5.41, 5.74) is 0.769. The Morgan fingerprint density at radius 1 is 1.31 bits per heavy atom. The van der Waals surface area contributed by atoms with Crippen LogP contribution >= 0.6 is 0 Å². The first-order valence-electron chi connectivity index (χ1n) is 4.04. The van der Waals surface area contributed by atoms with Gasteiger partial charge in [0.05, 0.1) is 4.92 Å². The molecule has 0 unspecified atom stereocenters. The summed E-state index contributed by atoms with van der Waals surface area (Å²) in [5.74, 6) is 0. The zero-order valence-corrected chi connectivity index (χ0v) is 8.96. The van der Waals surface area contributed by atoms with Gasteiger partial charge in [-0.1, -0.05) is 20.4 Å². The Morgan fingerprint density at radius 2 is 1.62 bits per heavy atom. The Kier molecular flexibility index (Phi) is 17.9. The molecule has 0 atom stereocenters. The minimum atomic E-state index is -0.442. The molecule has 13 heavy (non-hydrogen) atoms. The standard InChI is InChI=1S/C6H9NO2.C2H6.C2H4/c1-4-6(5(2)3)7(8)9;2*1-2/h4H,1H2,2-3H3;1-2H3;1-2H2. The molecule has 0 fully saturated rings. The van der Waals surface area contributed by atoms with E-state index in [-0.39, 0.29) is 5.70 Å². The number of hydrogen-bond acceptors (Lipinski definition) is 2. The van der Waals surface area contributed by atoms with Crippen molar-refractivity contribution in [2.45, 2.75) is 27.7 Å². The van der Waals surface area contributed by atoms with Crippen LogP contribution in [0.5, 0.6) is 0 Å². The van der Waals surface area contributed by atoms with Gasteiger partial charge < -0.3 is 0 Å². The van der Waals surface area contributed by atoms with Gasteiger partial charge in [0.2, 0.25) is 0 Å². The van der Waals surface area contributed by atoms with Crippen molar-refractivity contribution in [1.82, 2.24) is 0 Å². The number of allylic oxidation sites excluding steroid dienone is 2. The van der Waals surface area contributed by atoms with E-state index in [1.807, 2.05) is 13.8 Å². The van der Waals surface area contributed by atoms with E-state index in [1.54, 1.807) is 13.8 Å². The molecule has 0 aromatic rings. The van der Waals surface area contributed by atoms with Crippen molar-refractivity contribution in [3.05, 3.63) is 47.2 Å². The molecule has 0 aliphatic heterocycles. The topological polar surface area (TPSA) is 43.1 Å². The lowest BCUT2D eigenvalue weighted by Gasteiger charge is -1.90. The molecule has 0 aromatic carbocycles. The van der Waals surface area contributed by atoms with E-state index in [9.17, 15) is 10.1 Å². The highest BCUT2D eigenvalue weighted by atomic mass is 16.6. The van der Waals surface area contributed by atoms with Crippen LogP contribution in [0, 0.1) is 10.1 Å². The smallest absolute Gasteiger partial charge is 0.258 e. The van der Waals surface area contributed by atoms with E-state index in [2.05, 4.69) is 19.7 Å². The van der Waals surface area contributed by atoms with E-state index in [1.165, 1.54) is 6.08 Å². The molecule has 0 spiro atoms. The normalized spacial score (nSPS) is 6.46. The highest BCUT2D eigenvalue weighted by Crippen LogP contribution is 2.03. The van der Waals surface area contributed by atoms with Crippen LogP contribution in [0.25, 0.3) is 0 Å². The third-order valence-corrected chi connectivity index (χ3v) is 0.902.